The van der Waals surface area contributed by atoms with Crippen LogP contribution in [-0.4, -0.2) is 24.3 Å². The van der Waals surface area contributed by atoms with Gasteiger partial charge in [0, 0.05) is 29.5 Å². The number of rotatable bonds is 6. The van der Waals surface area contributed by atoms with Gasteiger partial charge in [-0.25, -0.2) is 0 Å². The molecule has 5 heteroatoms. The van der Waals surface area contributed by atoms with Gasteiger partial charge in [-0.1, -0.05) is 0 Å². The normalized spacial score (nSPS) is 10.3. The van der Waals surface area contributed by atoms with E-state index < -0.39 is 0 Å². The van der Waals surface area contributed by atoms with E-state index in [4.69, 9.17) is 14.2 Å². The summed E-state index contributed by atoms with van der Waals surface area (Å²) in [6, 6.07) is 8.99. The third-order valence-electron chi connectivity index (χ3n) is 3.04. The van der Waals surface area contributed by atoms with Crippen molar-refractivity contribution in [1.82, 2.24) is 4.98 Å². The summed E-state index contributed by atoms with van der Waals surface area (Å²) in [7, 11) is 3.20. The largest absolute Gasteiger partial charge is 0.497 e. The number of aliphatic hydroxyl groups excluding tert-OH is 1. The van der Waals surface area contributed by atoms with Gasteiger partial charge in [-0.15, -0.1) is 0 Å². The molecule has 1 heterocycles. The van der Waals surface area contributed by atoms with E-state index >= 15 is 0 Å². The number of hydrogen-bond acceptors (Lipinski definition) is 5. The maximum absolute atomic E-state index is 9.35. The summed E-state index contributed by atoms with van der Waals surface area (Å²) in [6.07, 6.45) is 0. The van der Waals surface area contributed by atoms with Gasteiger partial charge in [-0.05, 0) is 19.1 Å². The molecule has 0 atom stereocenters. The molecule has 0 fully saturated rings. The highest BCUT2D eigenvalue weighted by Gasteiger charge is 2.07. The Balaban J connectivity index is 2.17. The van der Waals surface area contributed by atoms with E-state index in [1.807, 2.05) is 19.1 Å². The Morgan fingerprint density at radius 2 is 1.81 bits per heavy atom. The Morgan fingerprint density at radius 3 is 2.48 bits per heavy atom. The number of hydrogen-bond donors (Lipinski definition) is 1. The highest BCUT2D eigenvalue weighted by Crippen LogP contribution is 2.26. The number of aromatic nitrogens is 1. The quantitative estimate of drug-likeness (QED) is 0.885. The Hall–Kier alpha value is -2.27. The molecule has 0 aliphatic heterocycles. The van der Waals surface area contributed by atoms with E-state index in [9.17, 15) is 5.11 Å². The van der Waals surface area contributed by atoms with Gasteiger partial charge >= 0.3 is 0 Å². The molecule has 0 bridgehead atoms. The topological polar surface area (TPSA) is 60.8 Å². The van der Waals surface area contributed by atoms with Gasteiger partial charge in [0.15, 0.2) is 0 Å². The second-order valence-corrected chi connectivity index (χ2v) is 4.56. The lowest BCUT2D eigenvalue weighted by Gasteiger charge is -2.12. The third kappa shape index (κ3) is 3.86. The van der Waals surface area contributed by atoms with Gasteiger partial charge in [0.1, 0.15) is 23.9 Å². The Morgan fingerprint density at radius 1 is 1.05 bits per heavy atom. The zero-order chi connectivity index (χ0) is 15.2. The second kappa shape index (κ2) is 6.95. The fourth-order valence-electron chi connectivity index (χ4n) is 1.97. The lowest BCUT2D eigenvalue weighted by Crippen LogP contribution is -2.02. The van der Waals surface area contributed by atoms with Crippen molar-refractivity contribution in [2.45, 2.75) is 20.1 Å². The summed E-state index contributed by atoms with van der Waals surface area (Å²) in [5.41, 5.74) is 2.33. The molecule has 1 aromatic carbocycles. The number of methoxy groups -OCH3 is 2. The van der Waals surface area contributed by atoms with Gasteiger partial charge in [-0.3, -0.25) is 4.98 Å². The van der Waals surface area contributed by atoms with Crippen LogP contribution in [0, 0.1) is 6.92 Å². The third-order valence-corrected chi connectivity index (χ3v) is 3.04. The fraction of sp³-hybridized carbons (Fsp3) is 0.312. The van der Waals surface area contributed by atoms with Gasteiger partial charge in [0.05, 0.1) is 26.5 Å². The summed E-state index contributed by atoms with van der Waals surface area (Å²) in [5.74, 6) is 2.00. The second-order valence-electron chi connectivity index (χ2n) is 4.56. The number of ether oxygens (including phenoxy) is 3. The Bertz CT molecular complexity index is 613. The molecule has 0 spiro atoms. The number of aryl methyl sites for hydroxylation is 1. The monoisotopic (exact) mass is 289 g/mol. The molecule has 112 valence electrons. The maximum Gasteiger partial charge on any atom is 0.130 e. The van der Waals surface area contributed by atoms with Crippen LogP contribution in [0.15, 0.2) is 30.3 Å². The van der Waals surface area contributed by atoms with E-state index in [1.54, 1.807) is 32.4 Å². The molecule has 0 saturated heterocycles. The van der Waals surface area contributed by atoms with Crippen molar-refractivity contribution in [3.05, 3.63) is 47.3 Å². The minimum Gasteiger partial charge on any atom is -0.497 e. The number of benzene rings is 1. The van der Waals surface area contributed by atoms with Crippen LogP contribution in [0.1, 0.15) is 17.0 Å². The van der Waals surface area contributed by atoms with Crippen LogP contribution in [0.2, 0.25) is 0 Å². The molecule has 1 aromatic heterocycles. The lowest BCUT2D eigenvalue weighted by atomic mass is 10.2. The van der Waals surface area contributed by atoms with Crippen LogP contribution in [0.5, 0.6) is 17.2 Å². The van der Waals surface area contributed by atoms with Gasteiger partial charge < -0.3 is 19.3 Å². The van der Waals surface area contributed by atoms with Crippen molar-refractivity contribution in [2.75, 3.05) is 14.2 Å². The van der Waals surface area contributed by atoms with Crippen LogP contribution >= 0.6 is 0 Å². The minimum absolute atomic E-state index is 0.0934. The first-order valence-electron chi connectivity index (χ1n) is 6.58. The van der Waals surface area contributed by atoms with Crippen molar-refractivity contribution in [3.63, 3.8) is 0 Å². The highest BCUT2D eigenvalue weighted by atomic mass is 16.5. The average molecular weight is 289 g/mol. The fourth-order valence-corrected chi connectivity index (χ4v) is 1.97. The van der Waals surface area contributed by atoms with Gasteiger partial charge in [0.2, 0.25) is 0 Å². The molecule has 2 rings (SSSR count). The molecular formula is C16H19NO4. The van der Waals surface area contributed by atoms with E-state index in [2.05, 4.69) is 4.98 Å². The molecule has 0 unspecified atom stereocenters. The molecule has 2 aromatic rings. The smallest absolute Gasteiger partial charge is 0.130 e. The zero-order valence-corrected chi connectivity index (χ0v) is 12.4. The Labute approximate surface area is 124 Å². The van der Waals surface area contributed by atoms with E-state index in [-0.39, 0.29) is 13.2 Å². The zero-order valence-electron chi connectivity index (χ0n) is 12.4. The standard InChI is InChI=1S/C16H19NO4/c1-11-6-15(20-3)7-13(17-11)10-21-16-8-14(19-2)5-4-12(16)9-18/h4-8,18H,9-10H2,1-3H3. The summed E-state index contributed by atoms with van der Waals surface area (Å²) in [5, 5.41) is 9.35. The van der Waals surface area contributed by atoms with Crippen LogP contribution in [0.25, 0.3) is 0 Å². The van der Waals surface area contributed by atoms with Crippen molar-refractivity contribution in [2.24, 2.45) is 0 Å². The van der Waals surface area contributed by atoms with Crippen LogP contribution in [-0.2, 0) is 13.2 Å². The summed E-state index contributed by atoms with van der Waals surface area (Å²) in [6.45, 7) is 2.10. The maximum atomic E-state index is 9.35. The molecule has 5 nitrogen and oxygen atoms in total. The van der Waals surface area contributed by atoms with Gasteiger partial charge in [-0.2, -0.15) is 0 Å². The van der Waals surface area contributed by atoms with E-state index in [0.717, 1.165) is 17.1 Å². The molecule has 0 aliphatic rings. The average Bonchev–Trinajstić information content (AvgIpc) is 2.51. The van der Waals surface area contributed by atoms with Crippen LogP contribution in [0.4, 0.5) is 0 Å². The summed E-state index contributed by atoms with van der Waals surface area (Å²) in [4.78, 5) is 4.40. The summed E-state index contributed by atoms with van der Waals surface area (Å²) < 4.78 is 16.1. The molecule has 0 aliphatic carbocycles. The predicted octanol–water partition coefficient (Wildman–Crippen LogP) is 2.48. The van der Waals surface area contributed by atoms with E-state index in [0.29, 0.717) is 17.1 Å². The highest BCUT2D eigenvalue weighted by molar-refractivity contribution is 5.40. The van der Waals surface area contributed by atoms with Crippen molar-refractivity contribution in [3.8, 4) is 17.2 Å². The first-order chi connectivity index (χ1) is 10.2. The summed E-state index contributed by atoms with van der Waals surface area (Å²) >= 11 is 0. The first kappa shape index (κ1) is 15.1. The molecule has 21 heavy (non-hydrogen) atoms. The first-order valence-corrected chi connectivity index (χ1v) is 6.58. The van der Waals surface area contributed by atoms with Crippen LogP contribution < -0.4 is 14.2 Å². The van der Waals surface area contributed by atoms with Crippen molar-refractivity contribution >= 4 is 0 Å². The minimum atomic E-state index is -0.0934. The number of aliphatic hydroxyl groups is 1. The predicted molar refractivity (Wildman–Crippen MR) is 78.8 cm³/mol. The molecular weight excluding hydrogens is 270 g/mol. The lowest BCUT2D eigenvalue weighted by molar-refractivity contribution is 0.256. The SMILES string of the molecule is COc1cc(C)nc(COc2cc(OC)ccc2CO)c1. The van der Waals surface area contributed by atoms with Crippen molar-refractivity contribution < 1.29 is 19.3 Å². The molecule has 0 amide bonds. The van der Waals surface area contributed by atoms with E-state index in [1.165, 1.54) is 0 Å². The molecule has 0 radical (unpaired) electrons. The molecule has 1 N–H and O–H groups in total. The molecule has 0 saturated carbocycles. The van der Waals surface area contributed by atoms with Gasteiger partial charge in [0.25, 0.3) is 0 Å². The number of pyridine rings is 1. The number of nitrogens with zero attached hydrogens (tertiary/aromatic N) is 1. The Kier molecular flexibility index (Phi) is 5.00. The van der Waals surface area contributed by atoms with Crippen LogP contribution in [0.3, 0.4) is 0 Å². The van der Waals surface area contributed by atoms with Crippen molar-refractivity contribution in [1.29, 1.82) is 0 Å².